The Morgan fingerprint density at radius 2 is 2.15 bits per heavy atom. The number of likely N-dealkylation sites (tertiary alicyclic amines) is 1. The summed E-state index contributed by atoms with van der Waals surface area (Å²) < 4.78 is 0. The van der Waals surface area contributed by atoms with E-state index >= 15 is 0 Å². The van der Waals surface area contributed by atoms with Gasteiger partial charge in [-0.05, 0) is 72.9 Å². The number of carbonyl (C=O) groups excluding carboxylic acids is 1. The highest BCUT2D eigenvalue weighted by molar-refractivity contribution is 7.16. The number of nitrogens with zero attached hydrogens (tertiary/aromatic N) is 4. The van der Waals surface area contributed by atoms with Crippen LogP contribution in [0.15, 0.2) is 49.4 Å². The molecule has 3 aromatic heterocycles. The van der Waals surface area contributed by atoms with Gasteiger partial charge in [-0.25, -0.2) is 9.97 Å². The Labute approximate surface area is 197 Å². The zero-order valence-corrected chi connectivity index (χ0v) is 19.4. The number of hydrogen-bond acceptors (Lipinski definition) is 7. The lowest BCUT2D eigenvalue weighted by atomic mass is 10.1. The lowest BCUT2D eigenvalue weighted by molar-refractivity contribution is -0.133. The average Bonchev–Trinajstić information content (AvgIpc) is 3.20. The van der Waals surface area contributed by atoms with Gasteiger partial charge < -0.3 is 15.3 Å². The highest BCUT2D eigenvalue weighted by Crippen LogP contribution is 2.30. The molecule has 33 heavy (non-hydrogen) atoms. The summed E-state index contributed by atoms with van der Waals surface area (Å²) in [5.41, 5.74) is 3.87. The van der Waals surface area contributed by atoms with E-state index in [-0.39, 0.29) is 12.3 Å². The van der Waals surface area contributed by atoms with E-state index in [1.165, 1.54) is 11.3 Å². The Bertz CT molecular complexity index is 1160. The molecule has 7 nitrogen and oxygen atoms in total. The minimum Gasteiger partial charge on any atom is -0.391 e. The molecule has 0 radical (unpaired) electrons. The molecule has 1 amide bonds. The predicted octanol–water partition coefficient (Wildman–Crippen LogP) is 4.41. The third kappa shape index (κ3) is 5.91. The summed E-state index contributed by atoms with van der Waals surface area (Å²) in [4.78, 5) is 28.5. The van der Waals surface area contributed by atoms with Crippen LogP contribution in [0.2, 0.25) is 0 Å². The number of amides is 1. The van der Waals surface area contributed by atoms with Gasteiger partial charge in [0.25, 0.3) is 0 Å². The first kappa shape index (κ1) is 22.8. The summed E-state index contributed by atoms with van der Waals surface area (Å²) in [5, 5.41) is 13.8. The Morgan fingerprint density at radius 1 is 1.33 bits per heavy atom. The fourth-order valence-electron chi connectivity index (χ4n) is 3.77. The second kappa shape index (κ2) is 10.5. The van der Waals surface area contributed by atoms with E-state index in [1.54, 1.807) is 29.6 Å². The number of rotatable bonds is 7. The van der Waals surface area contributed by atoms with Crippen LogP contribution in [0, 0.1) is 0 Å². The van der Waals surface area contributed by atoms with E-state index in [0.29, 0.717) is 24.0 Å². The van der Waals surface area contributed by atoms with Gasteiger partial charge in [-0.3, -0.25) is 9.78 Å². The number of carbonyl (C=O) groups is 1. The van der Waals surface area contributed by atoms with E-state index in [4.69, 9.17) is 0 Å². The van der Waals surface area contributed by atoms with E-state index in [9.17, 15) is 9.90 Å². The summed E-state index contributed by atoms with van der Waals surface area (Å²) in [7, 11) is 0. The molecule has 3 aromatic rings. The van der Waals surface area contributed by atoms with Crippen LogP contribution in [-0.2, 0) is 11.2 Å². The maximum Gasteiger partial charge on any atom is 0.227 e. The molecular weight excluding hydrogens is 434 g/mol. The smallest absolute Gasteiger partial charge is 0.227 e. The van der Waals surface area contributed by atoms with Crippen molar-refractivity contribution >= 4 is 45.9 Å². The number of aromatic nitrogens is 3. The highest BCUT2D eigenvalue weighted by Gasteiger charge is 2.22. The van der Waals surface area contributed by atoms with Crippen LogP contribution in [-0.4, -0.2) is 50.1 Å². The fraction of sp³-hybridized carbons (Fsp3) is 0.280. The maximum atomic E-state index is 12.6. The van der Waals surface area contributed by atoms with Crippen molar-refractivity contribution in [1.29, 1.82) is 0 Å². The minimum atomic E-state index is -0.424. The molecule has 4 heterocycles. The van der Waals surface area contributed by atoms with Gasteiger partial charge in [0, 0.05) is 31.7 Å². The van der Waals surface area contributed by atoms with Gasteiger partial charge in [0.05, 0.1) is 23.1 Å². The number of pyridine rings is 2. The van der Waals surface area contributed by atoms with Crippen molar-refractivity contribution in [3.05, 3.63) is 71.1 Å². The number of thiazole rings is 1. The molecular formula is C25H27N5O2S. The van der Waals surface area contributed by atoms with E-state index in [0.717, 1.165) is 40.1 Å². The maximum absolute atomic E-state index is 12.6. The SMILES string of the molecule is C=Cc1nc(Nc2cc(CC(=O)N3CCCC(O)C3)ccn2)sc1/C=C(\C)c1ccncc1. The first-order valence-corrected chi connectivity index (χ1v) is 11.7. The molecule has 0 saturated carbocycles. The van der Waals surface area contributed by atoms with Gasteiger partial charge >= 0.3 is 0 Å². The van der Waals surface area contributed by atoms with Crippen LogP contribution >= 0.6 is 11.3 Å². The standard InChI is InChI=1S/C25H27N5O2S/c1-3-21-22(13-17(2)19-7-9-26-10-8-19)33-25(28-21)29-23-14-18(6-11-27-23)15-24(32)30-12-4-5-20(31)16-30/h3,6-11,13-14,20,31H,1,4-5,12,15-16H2,2H3,(H,27,28,29)/b17-13+. The van der Waals surface area contributed by atoms with Crippen molar-refractivity contribution in [3.63, 3.8) is 0 Å². The number of nitrogens with one attached hydrogen (secondary N) is 1. The van der Waals surface area contributed by atoms with Crippen LogP contribution in [0.3, 0.4) is 0 Å². The van der Waals surface area contributed by atoms with Crippen molar-refractivity contribution in [2.45, 2.75) is 32.3 Å². The number of anilines is 2. The molecule has 8 heteroatoms. The third-order valence-corrected chi connectivity index (χ3v) is 6.46. The lowest BCUT2D eigenvalue weighted by Gasteiger charge is -2.30. The van der Waals surface area contributed by atoms with Crippen molar-refractivity contribution in [3.8, 4) is 0 Å². The van der Waals surface area contributed by atoms with Crippen LogP contribution in [0.1, 0.15) is 41.5 Å². The molecule has 0 spiro atoms. The molecule has 1 unspecified atom stereocenters. The molecule has 1 atom stereocenters. The van der Waals surface area contributed by atoms with Crippen LogP contribution in [0.25, 0.3) is 17.7 Å². The summed E-state index contributed by atoms with van der Waals surface area (Å²) in [6.07, 6.45) is 10.5. The number of aliphatic hydroxyl groups is 1. The zero-order valence-electron chi connectivity index (χ0n) is 18.6. The van der Waals surface area contributed by atoms with Crippen molar-refractivity contribution in [2.75, 3.05) is 18.4 Å². The predicted molar refractivity (Wildman–Crippen MR) is 133 cm³/mol. The van der Waals surface area contributed by atoms with Gasteiger partial charge in [-0.15, -0.1) is 0 Å². The molecule has 2 N–H and O–H groups in total. The summed E-state index contributed by atoms with van der Waals surface area (Å²) in [6.45, 7) is 7.05. The Kier molecular flexibility index (Phi) is 7.26. The minimum absolute atomic E-state index is 0.0214. The van der Waals surface area contributed by atoms with Gasteiger partial charge in [-0.1, -0.05) is 17.9 Å². The number of allylic oxidation sites excluding steroid dienone is 1. The monoisotopic (exact) mass is 461 g/mol. The average molecular weight is 462 g/mol. The van der Waals surface area contributed by atoms with Crippen LogP contribution in [0.4, 0.5) is 10.9 Å². The molecule has 1 aliphatic heterocycles. The molecule has 0 aliphatic carbocycles. The third-order valence-electron chi connectivity index (χ3n) is 5.52. The van der Waals surface area contributed by atoms with Crippen molar-refractivity contribution < 1.29 is 9.90 Å². The Balaban J connectivity index is 1.47. The highest BCUT2D eigenvalue weighted by atomic mass is 32.1. The Morgan fingerprint density at radius 3 is 2.91 bits per heavy atom. The van der Waals surface area contributed by atoms with Crippen molar-refractivity contribution in [2.24, 2.45) is 0 Å². The fourth-order valence-corrected chi connectivity index (χ4v) is 4.75. The van der Waals surface area contributed by atoms with Gasteiger partial charge in [0.2, 0.25) is 5.91 Å². The van der Waals surface area contributed by atoms with Gasteiger partial charge in [-0.2, -0.15) is 0 Å². The van der Waals surface area contributed by atoms with Crippen molar-refractivity contribution in [1.82, 2.24) is 19.9 Å². The van der Waals surface area contributed by atoms with Gasteiger partial charge in [0.15, 0.2) is 5.13 Å². The zero-order chi connectivity index (χ0) is 23.2. The molecule has 4 rings (SSSR count). The molecule has 1 saturated heterocycles. The lowest BCUT2D eigenvalue weighted by Crippen LogP contribution is -2.42. The molecule has 170 valence electrons. The first-order valence-electron chi connectivity index (χ1n) is 10.9. The molecule has 1 aliphatic rings. The topological polar surface area (TPSA) is 91.2 Å². The second-order valence-electron chi connectivity index (χ2n) is 8.02. The summed E-state index contributed by atoms with van der Waals surface area (Å²) in [6, 6.07) is 7.65. The number of aliphatic hydroxyl groups excluding tert-OH is 1. The van der Waals surface area contributed by atoms with Gasteiger partial charge in [0.1, 0.15) is 5.82 Å². The summed E-state index contributed by atoms with van der Waals surface area (Å²) >= 11 is 1.52. The van der Waals surface area contributed by atoms with Crippen LogP contribution in [0.5, 0.6) is 0 Å². The summed E-state index contributed by atoms with van der Waals surface area (Å²) in [5.74, 6) is 0.651. The number of piperidine rings is 1. The largest absolute Gasteiger partial charge is 0.391 e. The number of hydrogen-bond donors (Lipinski definition) is 2. The molecule has 0 bridgehead atoms. The Hall–Kier alpha value is -3.36. The molecule has 1 fully saturated rings. The van der Waals surface area contributed by atoms with E-state index < -0.39 is 6.10 Å². The molecule has 0 aromatic carbocycles. The number of β-amino-alcohol motifs (C(OH)–C–C–N with tert-alkyl or cyclic N) is 1. The van der Waals surface area contributed by atoms with Crippen LogP contribution < -0.4 is 5.32 Å². The quantitative estimate of drug-likeness (QED) is 0.542. The normalized spacial score (nSPS) is 16.5. The van der Waals surface area contributed by atoms with E-state index in [2.05, 4.69) is 39.8 Å². The second-order valence-corrected chi connectivity index (χ2v) is 9.05. The van der Waals surface area contributed by atoms with E-state index in [1.807, 2.05) is 24.3 Å². The first-order chi connectivity index (χ1) is 16.0.